The van der Waals surface area contributed by atoms with Gasteiger partial charge in [0.1, 0.15) is 5.82 Å². The number of carboxylic acids is 1. The van der Waals surface area contributed by atoms with Gasteiger partial charge in [0.15, 0.2) is 0 Å². The number of carbonyl (C=O) groups excluding carboxylic acids is 1. The fraction of sp³-hybridized carbons (Fsp3) is 0.286. The molecule has 7 heteroatoms. The van der Waals surface area contributed by atoms with Crippen molar-refractivity contribution in [2.24, 2.45) is 0 Å². The molecule has 0 saturated carbocycles. The van der Waals surface area contributed by atoms with Crippen molar-refractivity contribution in [3.8, 4) is 11.1 Å². The molecular weight excluding hydrogens is 356 g/mol. The van der Waals surface area contributed by atoms with Crippen molar-refractivity contribution in [1.29, 1.82) is 0 Å². The summed E-state index contributed by atoms with van der Waals surface area (Å²) in [5.74, 6) is -0.104. The highest BCUT2D eigenvalue weighted by molar-refractivity contribution is 5.95. The number of aryl methyl sites for hydroxylation is 1. The molecule has 0 unspecified atom stereocenters. The maximum absolute atomic E-state index is 11.9. The highest BCUT2D eigenvalue weighted by Gasteiger charge is 2.16. The largest absolute Gasteiger partial charge is 0.478 e. The van der Waals surface area contributed by atoms with E-state index in [2.05, 4.69) is 15.1 Å². The minimum absolute atomic E-state index is 0.0790. The first-order chi connectivity index (χ1) is 13.5. The zero-order valence-corrected chi connectivity index (χ0v) is 15.9. The van der Waals surface area contributed by atoms with Crippen LogP contribution in [0.1, 0.15) is 59.2 Å². The van der Waals surface area contributed by atoms with Crippen LogP contribution < -0.4 is 0 Å². The Kier molecular flexibility index (Phi) is 5.93. The van der Waals surface area contributed by atoms with Gasteiger partial charge in [-0.1, -0.05) is 38.1 Å². The second-order valence-electron chi connectivity index (χ2n) is 6.42. The monoisotopic (exact) mass is 378 g/mol. The Balaban J connectivity index is 1.86. The van der Waals surface area contributed by atoms with Crippen LogP contribution >= 0.6 is 0 Å². The molecule has 0 aliphatic rings. The number of aromatic nitrogens is 4. The van der Waals surface area contributed by atoms with E-state index >= 15 is 0 Å². The molecule has 0 atom stereocenters. The first-order valence-electron chi connectivity index (χ1n) is 9.28. The molecule has 28 heavy (non-hydrogen) atoms. The van der Waals surface area contributed by atoms with E-state index in [1.807, 2.05) is 19.1 Å². The minimum Gasteiger partial charge on any atom is -0.478 e. The summed E-state index contributed by atoms with van der Waals surface area (Å²) >= 11 is 0. The summed E-state index contributed by atoms with van der Waals surface area (Å²) in [4.78, 5) is 32.2. The second kappa shape index (κ2) is 8.56. The fourth-order valence-corrected chi connectivity index (χ4v) is 2.94. The molecule has 3 rings (SSSR count). The van der Waals surface area contributed by atoms with Crippen LogP contribution in [0.3, 0.4) is 0 Å². The number of rotatable bonds is 8. The van der Waals surface area contributed by atoms with Crippen LogP contribution in [0.15, 0.2) is 42.6 Å². The van der Waals surface area contributed by atoms with Crippen LogP contribution in [0, 0.1) is 0 Å². The number of benzene rings is 1. The summed E-state index contributed by atoms with van der Waals surface area (Å²) in [7, 11) is 0. The van der Waals surface area contributed by atoms with Gasteiger partial charge in [0.05, 0.1) is 5.56 Å². The van der Waals surface area contributed by atoms with Crippen LogP contribution in [-0.2, 0) is 13.0 Å². The van der Waals surface area contributed by atoms with Crippen LogP contribution in [-0.4, -0.2) is 36.6 Å². The highest BCUT2D eigenvalue weighted by Crippen LogP contribution is 2.23. The molecule has 1 N–H and O–H groups in total. The maximum atomic E-state index is 11.9. The van der Waals surface area contributed by atoms with Gasteiger partial charge in [0.25, 0.3) is 0 Å². The first-order valence-corrected chi connectivity index (χ1v) is 9.28. The number of hydrogen-bond donors (Lipinski definition) is 1. The van der Waals surface area contributed by atoms with Gasteiger partial charge in [-0.25, -0.2) is 14.5 Å². The molecule has 0 bridgehead atoms. The minimum atomic E-state index is -0.972. The Hall–Kier alpha value is -3.35. The normalized spacial score (nSPS) is 10.8. The lowest BCUT2D eigenvalue weighted by Gasteiger charge is -2.07. The zero-order chi connectivity index (χ0) is 20.1. The molecule has 0 fully saturated rings. The SMILES string of the molecule is CCCn1nc(C(=O)CC)nc1Cc1ccc(-c2ccccc2C(=O)O)cn1. The molecule has 0 aliphatic heterocycles. The molecular formula is C21H22N4O3. The molecule has 7 nitrogen and oxygen atoms in total. The average Bonchev–Trinajstić information content (AvgIpc) is 3.10. The Morgan fingerprint density at radius 1 is 1.11 bits per heavy atom. The van der Waals surface area contributed by atoms with Crippen LogP contribution in [0.5, 0.6) is 0 Å². The molecule has 0 aliphatic carbocycles. The molecule has 0 saturated heterocycles. The summed E-state index contributed by atoms with van der Waals surface area (Å²) in [6, 6.07) is 10.5. The number of Topliss-reactive ketones (excluding diaryl/α,β-unsaturated/α-hetero) is 1. The van der Waals surface area contributed by atoms with Crippen molar-refractivity contribution in [3.63, 3.8) is 0 Å². The summed E-state index contributed by atoms with van der Waals surface area (Å²) in [6.07, 6.45) is 3.36. The molecule has 2 heterocycles. The Morgan fingerprint density at radius 2 is 1.89 bits per heavy atom. The fourth-order valence-electron chi connectivity index (χ4n) is 2.94. The molecule has 3 aromatic rings. The van der Waals surface area contributed by atoms with E-state index in [9.17, 15) is 14.7 Å². The van der Waals surface area contributed by atoms with E-state index in [0.717, 1.165) is 17.7 Å². The third kappa shape index (κ3) is 4.14. The predicted octanol–water partition coefficient (Wildman–Crippen LogP) is 3.63. The van der Waals surface area contributed by atoms with E-state index in [1.54, 1.807) is 42.1 Å². The maximum Gasteiger partial charge on any atom is 0.336 e. The lowest BCUT2D eigenvalue weighted by molar-refractivity contribution is 0.0697. The number of aromatic carboxylic acids is 1. The quantitative estimate of drug-likeness (QED) is 0.601. The van der Waals surface area contributed by atoms with E-state index in [1.165, 1.54) is 0 Å². The molecule has 0 spiro atoms. The second-order valence-corrected chi connectivity index (χ2v) is 6.42. The summed E-state index contributed by atoms with van der Waals surface area (Å²) in [6.45, 7) is 4.51. The molecule has 0 radical (unpaired) electrons. The van der Waals surface area contributed by atoms with E-state index in [0.29, 0.717) is 30.8 Å². The van der Waals surface area contributed by atoms with Crippen molar-refractivity contribution in [2.75, 3.05) is 0 Å². The summed E-state index contributed by atoms with van der Waals surface area (Å²) < 4.78 is 1.76. The molecule has 1 aromatic carbocycles. The first kappa shape index (κ1) is 19.4. The van der Waals surface area contributed by atoms with Gasteiger partial charge in [-0.3, -0.25) is 9.78 Å². The summed E-state index contributed by atoms with van der Waals surface area (Å²) in [5, 5.41) is 13.7. The van der Waals surface area contributed by atoms with Crippen molar-refractivity contribution >= 4 is 11.8 Å². The number of pyridine rings is 1. The standard InChI is InChI=1S/C21H22N4O3/c1-3-11-25-19(23-20(24-25)18(26)4-2)12-15-10-9-14(13-22-15)16-7-5-6-8-17(16)21(27)28/h5-10,13H,3-4,11-12H2,1-2H3,(H,27,28). The van der Waals surface area contributed by atoms with Crippen molar-refractivity contribution in [2.45, 2.75) is 39.7 Å². The van der Waals surface area contributed by atoms with Gasteiger partial charge in [0, 0.05) is 36.8 Å². The topological polar surface area (TPSA) is 98.0 Å². The van der Waals surface area contributed by atoms with Crippen molar-refractivity contribution in [3.05, 3.63) is 65.5 Å². The third-order valence-electron chi connectivity index (χ3n) is 4.39. The van der Waals surface area contributed by atoms with Crippen molar-refractivity contribution in [1.82, 2.24) is 19.7 Å². The third-order valence-corrected chi connectivity index (χ3v) is 4.39. The number of nitrogens with zero attached hydrogens (tertiary/aromatic N) is 4. The van der Waals surface area contributed by atoms with Gasteiger partial charge >= 0.3 is 5.97 Å². The van der Waals surface area contributed by atoms with Crippen LogP contribution in [0.4, 0.5) is 0 Å². The Morgan fingerprint density at radius 3 is 2.54 bits per heavy atom. The van der Waals surface area contributed by atoms with Gasteiger partial charge in [-0.2, -0.15) is 0 Å². The lowest BCUT2D eigenvalue weighted by atomic mass is 10.0. The Labute approximate surface area is 163 Å². The van der Waals surface area contributed by atoms with Gasteiger partial charge in [-0.15, -0.1) is 5.10 Å². The zero-order valence-electron chi connectivity index (χ0n) is 15.9. The number of hydrogen-bond acceptors (Lipinski definition) is 5. The molecule has 144 valence electrons. The van der Waals surface area contributed by atoms with Crippen LogP contribution in [0.25, 0.3) is 11.1 Å². The molecule has 0 amide bonds. The lowest BCUT2D eigenvalue weighted by Crippen LogP contribution is -2.07. The number of carbonyl (C=O) groups is 2. The highest BCUT2D eigenvalue weighted by atomic mass is 16.4. The van der Waals surface area contributed by atoms with Gasteiger partial charge in [0.2, 0.25) is 11.6 Å². The van der Waals surface area contributed by atoms with Gasteiger partial charge in [-0.05, 0) is 24.1 Å². The van der Waals surface area contributed by atoms with E-state index < -0.39 is 5.97 Å². The Bertz CT molecular complexity index is 993. The summed E-state index contributed by atoms with van der Waals surface area (Å²) in [5.41, 5.74) is 2.37. The van der Waals surface area contributed by atoms with Crippen molar-refractivity contribution < 1.29 is 14.7 Å². The van der Waals surface area contributed by atoms with Crippen LogP contribution in [0.2, 0.25) is 0 Å². The predicted molar refractivity (Wildman–Crippen MR) is 104 cm³/mol. The van der Waals surface area contributed by atoms with E-state index in [4.69, 9.17) is 0 Å². The average molecular weight is 378 g/mol. The molecule has 2 aromatic heterocycles. The number of carboxylic acid groups (broad SMARTS) is 1. The number of ketones is 1. The van der Waals surface area contributed by atoms with Gasteiger partial charge < -0.3 is 5.11 Å². The van der Waals surface area contributed by atoms with E-state index in [-0.39, 0.29) is 17.2 Å². The smallest absolute Gasteiger partial charge is 0.336 e.